The van der Waals surface area contributed by atoms with Gasteiger partial charge in [-0.15, -0.1) is 0 Å². The summed E-state index contributed by atoms with van der Waals surface area (Å²) >= 11 is 7.81. The number of nitrogens with two attached hydrogens (primary N) is 2. The number of hydrogen-bond donors (Lipinski definition) is 2. The fourth-order valence-corrected chi connectivity index (χ4v) is 2.71. The van der Waals surface area contributed by atoms with Crippen molar-refractivity contribution in [3.63, 3.8) is 0 Å². The first-order chi connectivity index (χ1) is 8.04. The highest BCUT2D eigenvalue weighted by atomic mass is 35.5. The molecule has 3 nitrogen and oxygen atoms in total. The van der Waals surface area contributed by atoms with Crippen molar-refractivity contribution in [2.75, 3.05) is 5.75 Å². The second kappa shape index (κ2) is 6.89. The average molecular weight is 273 g/mol. The Morgan fingerprint density at radius 1 is 1.53 bits per heavy atom. The van der Waals surface area contributed by atoms with E-state index in [0.717, 1.165) is 23.5 Å². The van der Waals surface area contributed by atoms with Gasteiger partial charge in [-0.1, -0.05) is 24.6 Å². The maximum absolute atomic E-state index is 10.9. The first-order valence-electron chi connectivity index (χ1n) is 5.46. The number of primary amides is 1. The Labute approximate surface area is 111 Å². The molecule has 0 fully saturated rings. The summed E-state index contributed by atoms with van der Waals surface area (Å²) in [6.45, 7) is 2.07. The predicted octanol–water partition coefficient (Wildman–Crippen LogP) is 2.41. The lowest BCUT2D eigenvalue weighted by Gasteiger charge is -2.09. The monoisotopic (exact) mass is 272 g/mol. The highest BCUT2D eigenvalue weighted by Gasteiger charge is 2.06. The summed E-state index contributed by atoms with van der Waals surface area (Å²) < 4.78 is 0. The predicted molar refractivity (Wildman–Crippen MR) is 74.4 cm³/mol. The van der Waals surface area contributed by atoms with Crippen LogP contribution in [0.2, 0.25) is 5.02 Å². The van der Waals surface area contributed by atoms with Gasteiger partial charge >= 0.3 is 0 Å². The van der Waals surface area contributed by atoms with Crippen LogP contribution in [0.15, 0.2) is 18.2 Å². The van der Waals surface area contributed by atoms with Crippen molar-refractivity contribution in [2.45, 2.75) is 25.1 Å². The average Bonchev–Trinajstić information content (AvgIpc) is 2.30. The summed E-state index contributed by atoms with van der Waals surface area (Å²) in [6, 6.07) is 5.37. The molecule has 0 aliphatic rings. The molecule has 1 aromatic rings. The van der Waals surface area contributed by atoms with Gasteiger partial charge in [-0.05, 0) is 24.1 Å². The fourth-order valence-electron chi connectivity index (χ4n) is 1.26. The smallest absolute Gasteiger partial charge is 0.248 e. The minimum Gasteiger partial charge on any atom is -0.366 e. The Hall–Kier alpha value is -0.710. The number of benzene rings is 1. The van der Waals surface area contributed by atoms with Gasteiger partial charge in [-0.2, -0.15) is 11.8 Å². The largest absolute Gasteiger partial charge is 0.366 e. The Morgan fingerprint density at radius 2 is 2.24 bits per heavy atom. The molecular weight excluding hydrogens is 256 g/mol. The SMILES string of the molecule is CCC(N)CSCc1ccc(C(N)=O)cc1Cl. The van der Waals surface area contributed by atoms with E-state index >= 15 is 0 Å². The molecule has 0 radical (unpaired) electrons. The van der Waals surface area contributed by atoms with Crippen molar-refractivity contribution >= 4 is 29.3 Å². The van der Waals surface area contributed by atoms with Crippen LogP contribution in [0, 0.1) is 0 Å². The Bertz CT molecular complexity index is 398. The molecule has 0 saturated carbocycles. The normalized spacial score (nSPS) is 12.4. The zero-order valence-electron chi connectivity index (χ0n) is 9.78. The molecule has 0 spiro atoms. The maximum Gasteiger partial charge on any atom is 0.248 e. The minimum atomic E-state index is -0.459. The number of hydrogen-bond acceptors (Lipinski definition) is 3. The van der Waals surface area contributed by atoms with Crippen molar-refractivity contribution in [1.82, 2.24) is 0 Å². The van der Waals surface area contributed by atoms with E-state index in [0.29, 0.717) is 10.6 Å². The molecule has 4 N–H and O–H groups in total. The van der Waals surface area contributed by atoms with E-state index in [-0.39, 0.29) is 6.04 Å². The summed E-state index contributed by atoms with van der Waals surface area (Å²) in [7, 11) is 0. The first kappa shape index (κ1) is 14.4. The third kappa shape index (κ3) is 4.58. The van der Waals surface area contributed by atoms with Gasteiger partial charge in [-0.25, -0.2) is 0 Å². The number of thioether (sulfide) groups is 1. The molecule has 1 amide bonds. The Kier molecular flexibility index (Phi) is 5.82. The van der Waals surface area contributed by atoms with E-state index in [2.05, 4.69) is 6.92 Å². The molecule has 0 heterocycles. The van der Waals surface area contributed by atoms with Crippen molar-refractivity contribution in [1.29, 1.82) is 0 Å². The van der Waals surface area contributed by atoms with Gasteiger partial charge in [0.1, 0.15) is 0 Å². The summed E-state index contributed by atoms with van der Waals surface area (Å²) in [5, 5.41) is 0.582. The molecule has 94 valence electrons. The lowest BCUT2D eigenvalue weighted by Crippen LogP contribution is -2.21. The van der Waals surface area contributed by atoms with Crippen LogP contribution in [0.4, 0.5) is 0 Å². The fraction of sp³-hybridized carbons (Fsp3) is 0.417. The molecule has 0 aliphatic heterocycles. The van der Waals surface area contributed by atoms with Gasteiger partial charge in [0.25, 0.3) is 0 Å². The third-order valence-corrected chi connectivity index (χ3v) is 3.98. The van der Waals surface area contributed by atoms with Crippen molar-refractivity contribution in [3.8, 4) is 0 Å². The zero-order chi connectivity index (χ0) is 12.8. The highest BCUT2D eigenvalue weighted by molar-refractivity contribution is 7.98. The number of amides is 1. The molecule has 1 unspecified atom stereocenters. The highest BCUT2D eigenvalue weighted by Crippen LogP contribution is 2.23. The zero-order valence-corrected chi connectivity index (χ0v) is 11.4. The van der Waals surface area contributed by atoms with Crippen LogP contribution in [0.25, 0.3) is 0 Å². The minimum absolute atomic E-state index is 0.226. The van der Waals surface area contributed by atoms with Crippen molar-refractivity contribution < 1.29 is 4.79 Å². The van der Waals surface area contributed by atoms with Gasteiger partial charge in [0.2, 0.25) is 5.91 Å². The number of halogens is 1. The second-order valence-corrected chi connectivity index (χ2v) is 5.29. The van der Waals surface area contributed by atoms with Crippen LogP contribution in [-0.2, 0) is 5.75 Å². The van der Waals surface area contributed by atoms with E-state index in [1.165, 1.54) is 0 Å². The second-order valence-electron chi connectivity index (χ2n) is 3.85. The van der Waals surface area contributed by atoms with Crippen LogP contribution < -0.4 is 11.5 Å². The van der Waals surface area contributed by atoms with Gasteiger partial charge in [0.05, 0.1) is 0 Å². The lowest BCUT2D eigenvalue weighted by molar-refractivity contribution is 0.100. The van der Waals surface area contributed by atoms with E-state index < -0.39 is 5.91 Å². The van der Waals surface area contributed by atoms with E-state index in [1.807, 2.05) is 6.07 Å². The summed E-state index contributed by atoms with van der Waals surface area (Å²) in [6.07, 6.45) is 0.974. The molecule has 17 heavy (non-hydrogen) atoms. The molecule has 5 heteroatoms. The Morgan fingerprint density at radius 3 is 2.76 bits per heavy atom. The van der Waals surface area contributed by atoms with Crippen molar-refractivity contribution in [2.24, 2.45) is 11.5 Å². The van der Waals surface area contributed by atoms with Gasteiger partial charge < -0.3 is 11.5 Å². The van der Waals surface area contributed by atoms with E-state index in [9.17, 15) is 4.79 Å². The first-order valence-corrected chi connectivity index (χ1v) is 6.99. The third-order valence-electron chi connectivity index (χ3n) is 2.45. The van der Waals surface area contributed by atoms with Crippen LogP contribution in [0.3, 0.4) is 0 Å². The van der Waals surface area contributed by atoms with Crippen LogP contribution in [0.5, 0.6) is 0 Å². The number of carbonyl (C=O) groups is 1. The van der Waals surface area contributed by atoms with Gasteiger partial charge in [-0.3, -0.25) is 4.79 Å². The van der Waals surface area contributed by atoms with E-state index in [4.69, 9.17) is 23.1 Å². The lowest BCUT2D eigenvalue weighted by atomic mass is 10.1. The summed E-state index contributed by atoms with van der Waals surface area (Å²) in [5.74, 6) is 1.25. The molecule has 0 aliphatic carbocycles. The maximum atomic E-state index is 10.9. The molecule has 0 aromatic heterocycles. The summed E-state index contributed by atoms with van der Waals surface area (Å²) in [4.78, 5) is 10.9. The van der Waals surface area contributed by atoms with Gasteiger partial charge in [0.15, 0.2) is 0 Å². The Balaban J connectivity index is 2.57. The molecule has 1 aromatic carbocycles. The number of rotatable bonds is 6. The van der Waals surface area contributed by atoms with E-state index in [1.54, 1.807) is 23.9 Å². The standard InChI is InChI=1S/C12H17ClN2OS/c1-2-10(14)7-17-6-9-4-3-8(12(15)16)5-11(9)13/h3-5,10H,2,6-7,14H2,1H3,(H2,15,16). The quantitative estimate of drug-likeness (QED) is 0.836. The molecule has 1 atom stereocenters. The summed E-state index contributed by atoms with van der Waals surface area (Å²) in [5.41, 5.74) is 12.4. The van der Waals surface area contributed by atoms with Crippen LogP contribution in [-0.4, -0.2) is 17.7 Å². The molecule has 0 saturated heterocycles. The molecule has 1 rings (SSSR count). The number of carbonyl (C=O) groups excluding carboxylic acids is 1. The molecule has 0 bridgehead atoms. The van der Waals surface area contributed by atoms with Crippen LogP contribution in [0.1, 0.15) is 29.3 Å². The van der Waals surface area contributed by atoms with Crippen molar-refractivity contribution in [3.05, 3.63) is 34.3 Å². The molecular formula is C12H17ClN2OS. The van der Waals surface area contributed by atoms with Crippen LogP contribution >= 0.6 is 23.4 Å². The van der Waals surface area contributed by atoms with Gasteiger partial charge in [0, 0.05) is 28.1 Å². The topological polar surface area (TPSA) is 69.1 Å².